The largest absolute Gasteiger partial charge is 0.445 e. The van der Waals surface area contributed by atoms with Crippen LogP contribution in [0.3, 0.4) is 0 Å². The number of benzene rings is 3. The number of aromatic nitrogens is 1. The number of ether oxygens (including phenoxy) is 1. The molecule has 25 nitrogen and oxygen atoms in total. The lowest BCUT2D eigenvalue weighted by atomic mass is 10.0. The summed E-state index contributed by atoms with van der Waals surface area (Å²) >= 11 is 0. The summed E-state index contributed by atoms with van der Waals surface area (Å²) in [5.41, 5.74) is 18.6. The van der Waals surface area contributed by atoms with Gasteiger partial charge in [-0.15, -0.1) is 0 Å². The highest BCUT2D eigenvalue weighted by Crippen LogP contribution is 2.30. The number of anilines is 2. The van der Waals surface area contributed by atoms with Crippen LogP contribution in [-0.2, 0) is 59.6 Å². The fourth-order valence-corrected chi connectivity index (χ4v) is 10.4. The molecule has 2 atom stereocenters. The fraction of sp³-hybridized carbons (Fsp3) is 0.415. The van der Waals surface area contributed by atoms with E-state index in [2.05, 4.69) is 52.1 Å². The van der Waals surface area contributed by atoms with Gasteiger partial charge in [-0.2, -0.15) is 0 Å². The summed E-state index contributed by atoms with van der Waals surface area (Å²) in [4.78, 5) is 142. The molecule has 7 rings (SSSR count). The second kappa shape index (κ2) is 33.5. The van der Waals surface area contributed by atoms with Crippen LogP contribution in [0.4, 0.5) is 26.7 Å². The first-order valence-corrected chi connectivity index (χ1v) is 30.6. The van der Waals surface area contributed by atoms with Crippen molar-refractivity contribution < 1.29 is 52.7 Å². The molecule has 25 heteroatoms. The quantitative estimate of drug-likeness (QED) is 0.0223. The van der Waals surface area contributed by atoms with Crippen molar-refractivity contribution in [2.75, 3.05) is 56.4 Å². The van der Waals surface area contributed by atoms with Crippen LogP contribution in [0.15, 0.2) is 102 Å². The number of unbranched alkanes of at least 4 members (excludes halogenated alkanes) is 2. The van der Waals surface area contributed by atoms with Gasteiger partial charge in [-0.3, -0.25) is 53.1 Å². The SMILES string of the molecule is CCCN(CCC)C(=O)C1=Cc2ccc(C(=O)Nc3cnc4c(c3)CN(Cc3ccc(C(=O)NCCNC(=O)OCc5ccc(NC(=O)C(CCCNC(N)=O)NC(=O)C(NC(=O)CCCCCN6C(=O)C=CC6=O)C(C)C)cc5)cc3)CC4)cc2N=C(N)C1. The third-order valence-corrected chi connectivity index (χ3v) is 15.1. The van der Waals surface area contributed by atoms with Crippen LogP contribution in [0, 0.1) is 5.92 Å². The van der Waals surface area contributed by atoms with Gasteiger partial charge in [0.1, 0.15) is 24.5 Å². The summed E-state index contributed by atoms with van der Waals surface area (Å²) in [5, 5.41) is 19.2. The molecule has 4 heterocycles. The maximum absolute atomic E-state index is 13.6. The molecular weight excluding hydrogens is 1150 g/mol. The summed E-state index contributed by atoms with van der Waals surface area (Å²) < 4.78 is 5.36. The molecule has 0 radical (unpaired) electrons. The zero-order chi connectivity index (χ0) is 64.7. The van der Waals surface area contributed by atoms with Crippen LogP contribution in [-0.4, -0.2) is 143 Å². The van der Waals surface area contributed by atoms with E-state index in [0.717, 1.165) is 47.5 Å². The van der Waals surface area contributed by atoms with Crippen molar-refractivity contribution in [3.8, 4) is 0 Å². The number of hydrogen-bond acceptors (Lipinski definition) is 15. The molecule has 11 amide bonds. The van der Waals surface area contributed by atoms with Crippen LogP contribution in [0.5, 0.6) is 0 Å². The highest BCUT2D eigenvalue weighted by atomic mass is 16.5. The number of amidine groups is 1. The summed E-state index contributed by atoms with van der Waals surface area (Å²) in [5.74, 6) is -2.99. The van der Waals surface area contributed by atoms with Crippen molar-refractivity contribution in [3.63, 3.8) is 0 Å². The Morgan fingerprint density at radius 2 is 1.43 bits per heavy atom. The molecule has 0 saturated heterocycles. The average molecular weight is 1240 g/mol. The van der Waals surface area contributed by atoms with Crippen molar-refractivity contribution in [1.82, 2.24) is 46.3 Å². The molecule has 0 spiro atoms. The van der Waals surface area contributed by atoms with Crippen LogP contribution in [0.2, 0.25) is 0 Å². The Morgan fingerprint density at radius 1 is 0.733 bits per heavy atom. The zero-order valence-electron chi connectivity index (χ0n) is 51.5. The van der Waals surface area contributed by atoms with Gasteiger partial charge < -0.3 is 58.3 Å². The van der Waals surface area contributed by atoms with Crippen LogP contribution in [0.25, 0.3) is 6.08 Å². The molecule has 3 aliphatic heterocycles. The molecule has 0 fully saturated rings. The summed E-state index contributed by atoms with van der Waals surface area (Å²) in [7, 11) is 0. The predicted molar refractivity (Wildman–Crippen MR) is 339 cm³/mol. The van der Waals surface area contributed by atoms with E-state index in [4.69, 9.17) is 16.2 Å². The van der Waals surface area contributed by atoms with E-state index >= 15 is 0 Å². The molecule has 1 aromatic heterocycles. The molecule has 3 aromatic carbocycles. The Balaban J connectivity index is 0.805. The third-order valence-electron chi connectivity index (χ3n) is 15.1. The summed E-state index contributed by atoms with van der Waals surface area (Å²) in [6, 6.07) is 18.1. The molecular formula is C65H82N14O11. The summed E-state index contributed by atoms with van der Waals surface area (Å²) in [6.07, 6.45) is 9.90. The number of imide groups is 1. The van der Waals surface area contributed by atoms with Crippen molar-refractivity contribution in [2.24, 2.45) is 22.4 Å². The maximum atomic E-state index is 13.6. The normalized spacial score (nSPS) is 14.2. The Hall–Kier alpha value is -9.78. The average Bonchev–Trinajstić information content (AvgIpc) is 1.59. The van der Waals surface area contributed by atoms with Gasteiger partial charge >= 0.3 is 12.1 Å². The number of carbonyl (C=O) groups is 10. The highest BCUT2D eigenvalue weighted by molar-refractivity contribution is 6.13. The number of nitrogens with two attached hydrogens (primary N) is 2. The van der Waals surface area contributed by atoms with E-state index in [1.807, 2.05) is 43.0 Å². The second-order valence-corrected chi connectivity index (χ2v) is 22.7. The number of urea groups is 1. The van der Waals surface area contributed by atoms with Gasteiger partial charge in [-0.05, 0) is 110 Å². The van der Waals surface area contributed by atoms with E-state index < -0.39 is 36.0 Å². The van der Waals surface area contributed by atoms with Gasteiger partial charge in [-0.1, -0.05) is 64.4 Å². The number of fused-ring (bicyclic) bond motifs is 2. The number of alkyl carbamates (subject to hydrolysis) is 1. The lowest BCUT2D eigenvalue weighted by Crippen LogP contribution is -2.54. The van der Waals surface area contributed by atoms with E-state index in [1.54, 1.807) is 74.6 Å². The molecule has 0 aliphatic carbocycles. The van der Waals surface area contributed by atoms with Crippen molar-refractivity contribution in [2.45, 2.75) is 124 Å². The van der Waals surface area contributed by atoms with Crippen LogP contribution < -0.4 is 48.7 Å². The fourth-order valence-electron chi connectivity index (χ4n) is 10.4. The molecule has 90 heavy (non-hydrogen) atoms. The van der Waals surface area contributed by atoms with Gasteiger partial charge in [0.25, 0.3) is 23.6 Å². The number of aliphatic imine (C=N–C) groups is 1. The third kappa shape index (κ3) is 20.4. The number of pyridine rings is 1. The van der Waals surface area contributed by atoms with E-state index in [1.165, 1.54) is 12.2 Å². The lowest BCUT2D eigenvalue weighted by molar-refractivity contribution is -0.137. The first-order chi connectivity index (χ1) is 43.3. The zero-order valence-corrected chi connectivity index (χ0v) is 51.5. The standard InChI is InChI=1S/C65H82N14O11/c1-5-29-78(30-6-2)63(87)47-33-45-19-20-46(35-53(45)74-54(66)36-47)60(84)73-50-34-48-39-77(32-25-51(48)71-37-50)38-42-13-17-44(18-14-42)59(83)68-27-28-70-65(89)90-40-43-15-21-49(22-16-43)72-61(85)52(11-10-26-69-64(67)88)75-62(86)58(41(3)4)76-55(80)12-8-7-9-31-79-56(81)23-24-57(79)82/h13-24,33-35,37,41,52,58H,5-12,25-32,36,38-40H2,1-4H3,(H2,66,74)(H,68,83)(H,70,89)(H,72,85)(H,73,84)(H,75,86)(H,76,80)(H3,67,69,88). The number of carbonyl (C=O) groups excluding carboxylic acids is 10. The number of hydrogen-bond donors (Lipinski definition) is 9. The molecule has 0 saturated carbocycles. The number of primary amides is 1. The highest BCUT2D eigenvalue weighted by Gasteiger charge is 2.30. The number of nitrogens with one attached hydrogen (secondary N) is 7. The van der Waals surface area contributed by atoms with E-state index in [0.29, 0.717) is 96.2 Å². The molecule has 478 valence electrons. The smallest absolute Gasteiger partial charge is 0.407 e. The topological polar surface area (TPSA) is 351 Å². The lowest BCUT2D eigenvalue weighted by Gasteiger charge is -2.28. The van der Waals surface area contributed by atoms with Crippen molar-refractivity contribution >= 4 is 88.4 Å². The minimum atomic E-state index is -1.07. The molecule has 2 unspecified atom stereocenters. The predicted octanol–water partition coefficient (Wildman–Crippen LogP) is 5.47. The van der Waals surface area contributed by atoms with Gasteiger partial charge in [0.2, 0.25) is 23.6 Å². The van der Waals surface area contributed by atoms with Crippen molar-refractivity contribution in [1.29, 1.82) is 0 Å². The Bertz CT molecular complexity index is 3340. The first-order valence-electron chi connectivity index (χ1n) is 30.6. The van der Waals surface area contributed by atoms with Gasteiger partial charge in [-0.25, -0.2) is 14.6 Å². The van der Waals surface area contributed by atoms with Crippen molar-refractivity contribution in [3.05, 3.63) is 136 Å². The van der Waals surface area contributed by atoms with E-state index in [9.17, 15) is 47.9 Å². The molecule has 3 aliphatic rings. The Labute approximate surface area is 523 Å². The minimum absolute atomic E-state index is 0.0596. The molecule has 11 N–H and O–H groups in total. The number of amides is 11. The maximum Gasteiger partial charge on any atom is 0.407 e. The summed E-state index contributed by atoms with van der Waals surface area (Å²) in [6.45, 7) is 11.4. The van der Waals surface area contributed by atoms with Gasteiger partial charge in [0.15, 0.2) is 0 Å². The minimum Gasteiger partial charge on any atom is -0.445 e. The molecule has 0 bridgehead atoms. The van der Waals surface area contributed by atoms with Crippen LogP contribution >= 0.6 is 0 Å². The van der Waals surface area contributed by atoms with Crippen LogP contribution in [0.1, 0.15) is 134 Å². The Morgan fingerprint density at radius 3 is 2.13 bits per heavy atom. The van der Waals surface area contributed by atoms with E-state index in [-0.39, 0.29) is 99.8 Å². The van der Waals surface area contributed by atoms with Gasteiger partial charge in [0.05, 0.1) is 17.6 Å². The Kier molecular flexibility index (Phi) is 25.2. The second-order valence-electron chi connectivity index (χ2n) is 22.7. The monoisotopic (exact) mass is 1230 g/mol. The van der Waals surface area contributed by atoms with Gasteiger partial charge in [0, 0.05) is 124 Å². The molecule has 4 aromatic rings. The number of rotatable bonds is 31. The first kappa shape index (κ1) is 67.7. The number of nitrogens with zero attached hydrogens (tertiary/aromatic N) is 5.